The molecule has 1 atom stereocenters. The van der Waals surface area contributed by atoms with Crippen LogP contribution in [-0.4, -0.2) is 32.8 Å². The smallest absolute Gasteiger partial charge is 0.0742 e. The van der Waals surface area contributed by atoms with Crippen molar-refractivity contribution in [2.45, 2.75) is 46.3 Å². The van der Waals surface area contributed by atoms with Gasteiger partial charge in [-0.1, -0.05) is 12.2 Å². The molecule has 0 aliphatic heterocycles. The zero-order chi connectivity index (χ0) is 13.0. The summed E-state index contributed by atoms with van der Waals surface area (Å²) in [5.41, 5.74) is 7.88. The monoisotopic (exact) mass is 254 g/mol. The van der Waals surface area contributed by atoms with Crippen molar-refractivity contribution in [2.24, 2.45) is 5.73 Å². The first-order valence-corrected chi connectivity index (χ1v) is 6.36. The van der Waals surface area contributed by atoms with Gasteiger partial charge in [0, 0.05) is 25.6 Å². The summed E-state index contributed by atoms with van der Waals surface area (Å²) in [5, 5.41) is 4.44. The number of hydrogen-bond acceptors (Lipinski definition) is 3. The van der Waals surface area contributed by atoms with Crippen molar-refractivity contribution in [1.82, 2.24) is 14.7 Å². The molecule has 0 amide bonds. The van der Waals surface area contributed by atoms with Gasteiger partial charge in [0.05, 0.1) is 16.4 Å². The van der Waals surface area contributed by atoms with Gasteiger partial charge >= 0.3 is 0 Å². The first-order valence-electron chi connectivity index (χ1n) is 5.96. The Labute approximate surface area is 109 Å². The lowest BCUT2D eigenvalue weighted by molar-refractivity contribution is 0.247. The highest BCUT2D eigenvalue weighted by Crippen LogP contribution is 2.10. The van der Waals surface area contributed by atoms with Crippen LogP contribution in [-0.2, 0) is 13.1 Å². The molecular weight excluding hydrogens is 232 g/mol. The Morgan fingerprint density at radius 1 is 1.65 bits per heavy atom. The topological polar surface area (TPSA) is 47.1 Å². The standard InChI is InChI=1S/C12H22N4S/c1-5-16-11(6-9(2)14-16)8-15(4)10(3)7-12(13)17/h6,10H,5,7-8H2,1-4H3,(H2,13,17). The molecule has 96 valence electrons. The molecule has 2 N–H and O–H groups in total. The average Bonchev–Trinajstić information content (AvgIpc) is 2.57. The minimum Gasteiger partial charge on any atom is -0.393 e. The SMILES string of the molecule is CCn1nc(C)cc1CN(C)C(C)CC(N)=S. The molecule has 1 aromatic heterocycles. The zero-order valence-corrected chi connectivity index (χ0v) is 11.9. The predicted molar refractivity (Wildman–Crippen MR) is 75.0 cm³/mol. The van der Waals surface area contributed by atoms with E-state index in [-0.39, 0.29) is 0 Å². The van der Waals surface area contributed by atoms with Crippen LogP contribution in [0.4, 0.5) is 0 Å². The molecule has 4 nitrogen and oxygen atoms in total. The minimum atomic E-state index is 0.355. The number of rotatable bonds is 6. The van der Waals surface area contributed by atoms with Crippen LogP contribution in [0.5, 0.6) is 0 Å². The van der Waals surface area contributed by atoms with E-state index in [1.54, 1.807) is 0 Å². The molecule has 0 aliphatic rings. The molecule has 17 heavy (non-hydrogen) atoms. The van der Waals surface area contributed by atoms with Crippen molar-refractivity contribution in [2.75, 3.05) is 7.05 Å². The van der Waals surface area contributed by atoms with Crippen LogP contribution in [0.15, 0.2) is 6.07 Å². The van der Waals surface area contributed by atoms with E-state index >= 15 is 0 Å². The van der Waals surface area contributed by atoms with E-state index in [0.717, 1.165) is 25.2 Å². The van der Waals surface area contributed by atoms with Gasteiger partial charge in [0.15, 0.2) is 0 Å². The normalized spacial score (nSPS) is 13.0. The quantitative estimate of drug-likeness (QED) is 0.785. The van der Waals surface area contributed by atoms with E-state index in [1.165, 1.54) is 5.69 Å². The van der Waals surface area contributed by atoms with Gasteiger partial charge in [-0.15, -0.1) is 0 Å². The highest BCUT2D eigenvalue weighted by molar-refractivity contribution is 7.80. The van der Waals surface area contributed by atoms with Gasteiger partial charge in [-0.2, -0.15) is 5.10 Å². The second-order valence-electron chi connectivity index (χ2n) is 4.53. The summed E-state index contributed by atoms with van der Waals surface area (Å²) in [4.78, 5) is 2.83. The summed E-state index contributed by atoms with van der Waals surface area (Å²) in [7, 11) is 2.09. The molecule has 1 unspecified atom stereocenters. The molecule has 0 radical (unpaired) electrons. The van der Waals surface area contributed by atoms with E-state index in [0.29, 0.717) is 11.0 Å². The lowest BCUT2D eigenvalue weighted by Crippen LogP contribution is -2.32. The maximum atomic E-state index is 5.57. The summed E-state index contributed by atoms with van der Waals surface area (Å²) in [6, 6.07) is 2.49. The summed E-state index contributed by atoms with van der Waals surface area (Å²) in [6.45, 7) is 8.04. The summed E-state index contributed by atoms with van der Waals surface area (Å²) >= 11 is 4.94. The van der Waals surface area contributed by atoms with Crippen molar-refractivity contribution in [3.63, 3.8) is 0 Å². The molecule has 1 aromatic rings. The van der Waals surface area contributed by atoms with Crippen LogP contribution < -0.4 is 5.73 Å². The third-order valence-electron chi connectivity index (χ3n) is 2.95. The van der Waals surface area contributed by atoms with Crippen molar-refractivity contribution in [1.29, 1.82) is 0 Å². The fourth-order valence-corrected chi connectivity index (χ4v) is 2.10. The first kappa shape index (κ1) is 14.1. The van der Waals surface area contributed by atoms with Gasteiger partial charge in [-0.25, -0.2) is 0 Å². The Hall–Kier alpha value is -0.940. The van der Waals surface area contributed by atoms with Crippen LogP contribution in [0, 0.1) is 6.92 Å². The lowest BCUT2D eigenvalue weighted by atomic mass is 10.2. The number of aromatic nitrogens is 2. The van der Waals surface area contributed by atoms with Crippen molar-refractivity contribution in [3.05, 3.63) is 17.5 Å². The number of nitrogens with zero attached hydrogens (tertiary/aromatic N) is 3. The molecule has 0 saturated heterocycles. The van der Waals surface area contributed by atoms with Gasteiger partial charge in [0.25, 0.3) is 0 Å². The van der Waals surface area contributed by atoms with Crippen LogP contribution in [0.1, 0.15) is 31.7 Å². The number of thiocarbonyl (C=S) groups is 1. The number of aryl methyl sites for hydroxylation is 2. The highest BCUT2D eigenvalue weighted by Gasteiger charge is 2.13. The Bertz CT molecular complexity index is 386. The second-order valence-corrected chi connectivity index (χ2v) is 5.05. The maximum absolute atomic E-state index is 5.57. The zero-order valence-electron chi connectivity index (χ0n) is 11.1. The largest absolute Gasteiger partial charge is 0.393 e. The van der Waals surface area contributed by atoms with E-state index < -0.39 is 0 Å². The molecule has 0 aromatic carbocycles. The number of nitrogens with two attached hydrogens (primary N) is 1. The third kappa shape index (κ3) is 4.09. The highest BCUT2D eigenvalue weighted by atomic mass is 32.1. The average molecular weight is 254 g/mol. The van der Waals surface area contributed by atoms with Crippen molar-refractivity contribution in [3.8, 4) is 0 Å². The van der Waals surface area contributed by atoms with Crippen LogP contribution in [0.25, 0.3) is 0 Å². The van der Waals surface area contributed by atoms with E-state index in [4.69, 9.17) is 18.0 Å². The van der Waals surface area contributed by atoms with Crippen LogP contribution in [0.3, 0.4) is 0 Å². The van der Waals surface area contributed by atoms with Crippen LogP contribution >= 0.6 is 12.2 Å². The molecule has 0 fully saturated rings. The molecule has 0 bridgehead atoms. The summed E-state index contributed by atoms with van der Waals surface area (Å²) < 4.78 is 2.04. The Morgan fingerprint density at radius 2 is 2.29 bits per heavy atom. The molecule has 5 heteroatoms. The van der Waals surface area contributed by atoms with E-state index in [9.17, 15) is 0 Å². The summed E-state index contributed by atoms with van der Waals surface area (Å²) in [5.74, 6) is 0. The lowest BCUT2D eigenvalue weighted by Gasteiger charge is -2.24. The minimum absolute atomic E-state index is 0.355. The fraction of sp³-hybridized carbons (Fsp3) is 0.667. The van der Waals surface area contributed by atoms with Gasteiger partial charge in [-0.05, 0) is 33.9 Å². The predicted octanol–water partition coefficient (Wildman–Crippen LogP) is 1.71. The second kappa shape index (κ2) is 6.12. The third-order valence-corrected chi connectivity index (χ3v) is 3.11. The van der Waals surface area contributed by atoms with Crippen molar-refractivity contribution >= 4 is 17.2 Å². The Kier molecular flexibility index (Phi) is 5.08. The first-order chi connectivity index (χ1) is 7.93. The molecule has 0 saturated carbocycles. The molecule has 0 spiro atoms. The van der Waals surface area contributed by atoms with Gasteiger partial charge < -0.3 is 5.73 Å². The molecule has 0 aliphatic carbocycles. The van der Waals surface area contributed by atoms with E-state index in [2.05, 4.69) is 37.0 Å². The van der Waals surface area contributed by atoms with Crippen molar-refractivity contribution < 1.29 is 0 Å². The molecular formula is C12H22N4S. The van der Waals surface area contributed by atoms with Gasteiger partial charge in [-0.3, -0.25) is 9.58 Å². The molecule has 1 rings (SSSR count). The van der Waals surface area contributed by atoms with E-state index in [1.807, 2.05) is 11.6 Å². The fourth-order valence-electron chi connectivity index (χ4n) is 1.86. The number of hydrogen-bond donors (Lipinski definition) is 1. The molecule has 1 heterocycles. The summed E-state index contributed by atoms with van der Waals surface area (Å²) in [6.07, 6.45) is 0.755. The van der Waals surface area contributed by atoms with Gasteiger partial charge in [0.1, 0.15) is 0 Å². The Morgan fingerprint density at radius 3 is 2.82 bits per heavy atom. The van der Waals surface area contributed by atoms with Crippen LogP contribution in [0.2, 0.25) is 0 Å². The van der Waals surface area contributed by atoms with Gasteiger partial charge in [0.2, 0.25) is 0 Å². The maximum Gasteiger partial charge on any atom is 0.0742 e. The Balaban J connectivity index is 2.66.